The lowest BCUT2D eigenvalue weighted by atomic mass is 9.64. The molecular weight excluding hydrogens is 221 g/mol. The van der Waals surface area contributed by atoms with Crippen molar-refractivity contribution < 1.29 is 19.5 Å². The van der Waals surface area contributed by atoms with Crippen molar-refractivity contribution in [2.45, 2.75) is 24.8 Å². The van der Waals surface area contributed by atoms with Gasteiger partial charge in [0.15, 0.2) is 11.5 Å². The molecule has 17 heavy (non-hydrogen) atoms. The maximum Gasteiger partial charge on any atom is 0.492 e. The van der Waals surface area contributed by atoms with Crippen molar-refractivity contribution in [3.05, 3.63) is 17.7 Å². The molecule has 1 aliphatic carbocycles. The zero-order valence-corrected chi connectivity index (χ0v) is 9.35. The Morgan fingerprint density at radius 1 is 1.24 bits per heavy atom. The van der Waals surface area contributed by atoms with Crippen LogP contribution < -0.4 is 20.7 Å². The second kappa shape index (κ2) is 3.63. The number of rotatable bonds is 2. The molecule has 1 saturated carbocycles. The molecule has 0 bridgehead atoms. The summed E-state index contributed by atoms with van der Waals surface area (Å²) in [4.78, 5) is 0. The Morgan fingerprint density at radius 3 is 2.59 bits per heavy atom. The van der Waals surface area contributed by atoms with Crippen LogP contribution in [0.3, 0.4) is 0 Å². The SMILES string of the molecule is NC1(c2ccc3c(c2B(O)O)OCO3)CCC1. The molecule has 1 aliphatic heterocycles. The molecule has 1 aromatic carbocycles. The van der Waals surface area contributed by atoms with Gasteiger partial charge in [-0.3, -0.25) is 0 Å². The van der Waals surface area contributed by atoms with Gasteiger partial charge in [0, 0.05) is 11.0 Å². The monoisotopic (exact) mass is 235 g/mol. The molecule has 0 radical (unpaired) electrons. The molecule has 1 aromatic rings. The fourth-order valence-corrected chi connectivity index (χ4v) is 2.51. The van der Waals surface area contributed by atoms with Gasteiger partial charge in [-0.1, -0.05) is 6.07 Å². The van der Waals surface area contributed by atoms with Gasteiger partial charge in [-0.05, 0) is 30.9 Å². The van der Waals surface area contributed by atoms with E-state index in [1.54, 1.807) is 12.1 Å². The van der Waals surface area contributed by atoms with E-state index >= 15 is 0 Å². The molecule has 6 heteroatoms. The summed E-state index contributed by atoms with van der Waals surface area (Å²) in [7, 11) is -1.59. The third-order valence-electron chi connectivity index (χ3n) is 3.62. The van der Waals surface area contributed by atoms with Crippen LogP contribution in [-0.4, -0.2) is 24.0 Å². The molecule has 0 atom stereocenters. The summed E-state index contributed by atoms with van der Waals surface area (Å²) in [6.07, 6.45) is 2.77. The smallest absolute Gasteiger partial charge is 0.454 e. The predicted octanol–water partition coefficient (Wildman–Crippen LogP) is -0.567. The van der Waals surface area contributed by atoms with Crippen LogP contribution in [0.25, 0.3) is 0 Å². The quantitative estimate of drug-likeness (QED) is 0.598. The lowest BCUT2D eigenvalue weighted by molar-refractivity contribution is 0.174. The highest BCUT2D eigenvalue weighted by atomic mass is 16.7. The lowest BCUT2D eigenvalue weighted by Gasteiger charge is -2.40. The van der Waals surface area contributed by atoms with Gasteiger partial charge >= 0.3 is 7.12 Å². The molecule has 0 aromatic heterocycles. The fraction of sp³-hybridized carbons (Fsp3) is 0.455. The Morgan fingerprint density at radius 2 is 2.00 bits per heavy atom. The third kappa shape index (κ3) is 1.52. The fourth-order valence-electron chi connectivity index (χ4n) is 2.51. The van der Waals surface area contributed by atoms with Crippen LogP contribution >= 0.6 is 0 Å². The maximum absolute atomic E-state index is 9.52. The average Bonchev–Trinajstić information content (AvgIpc) is 2.71. The minimum absolute atomic E-state index is 0.107. The number of nitrogens with two attached hydrogens (primary N) is 1. The van der Waals surface area contributed by atoms with E-state index in [9.17, 15) is 10.0 Å². The van der Waals surface area contributed by atoms with Crippen molar-refractivity contribution in [3.8, 4) is 11.5 Å². The van der Waals surface area contributed by atoms with Gasteiger partial charge in [-0.25, -0.2) is 0 Å². The zero-order valence-electron chi connectivity index (χ0n) is 9.35. The van der Waals surface area contributed by atoms with Gasteiger partial charge < -0.3 is 25.3 Å². The number of ether oxygens (including phenoxy) is 2. The van der Waals surface area contributed by atoms with Gasteiger partial charge in [0.1, 0.15) is 0 Å². The van der Waals surface area contributed by atoms with E-state index in [0.717, 1.165) is 24.8 Å². The van der Waals surface area contributed by atoms with Crippen LogP contribution in [-0.2, 0) is 5.54 Å². The predicted molar refractivity (Wildman–Crippen MR) is 62.1 cm³/mol. The van der Waals surface area contributed by atoms with Crippen molar-refractivity contribution in [1.82, 2.24) is 0 Å². The summed E-state index contributed by atoms with van der Waals surface area (Å²) >= 11 is 0. The normalized spacial score (nSPS) is 19.9. The Labute approximate surface area is 99.3 Å². The van der Waals surface area contributed by atoms with Crippen LogP contribution in [0.1, 0.15) is 24.8 Å². The highest BCUT2D eigenvalue weighted by Crippen LogP contribution is 2.41. The molecule has 1 heterocycles. The Balaban J connectivity index is 2.15. The van der Waals surface area contributed by atoms with Gasteiger partial charge in [-0.15, -0.1) is 0 Å². The van der Waals surface area contributed by atoms with Crippen molar-refractivity contribution in [3.63, 3.8) is 0 Å². The zero-order chi connectivity index (χ0) is 12.0. The van der Waals surface area contributed by atoms with E-state index in [0.29, 0.717) is 17.0 Å². The minimum atomic E-state index is -1.59. The summed E-state index contributed by atoms with van der Waals surface area (Å²) in [5, 5.41) is 19.0. The number of hydrogen-bond donors (Lipinski definition) is 3. The van der Waals surface area contributed by atoms with E-state index in [1.807, 2.05) is 0 Å². The third-order valence-corrected chi connectivity index (χ3v) is 3.62. The summed E-state index contributed by atoms with van der Waals surface area (Å²) in [6, 6.07) is 3.58. The van der Waals surface area contributed by atoms with Crippen LogP contribution in [0.15, 0.2) is 12.1 Å². The second-order valence-electron chi connectivity index (χ2n) is 4.64. The first-order valence-electron chi connectivity index (χ1n) is 5.70. The molecule has 0 unspecified atom stereocenters. The van der Waals surface area contributed by atoms with Crippen LogP contribution in [0.5, 0.6) is 11.5 Å². The molecule has 0 amide bonds. The summed E-state index contributed by atoms with van der Waals surface area (Å²) < 4.78 is 10.5. The lowest BCUT2D eigenvalue weighted by Crippen LogP contribution is -2.49. The number of fused-ring (bicyclic) bond motifs is 1. The Bertz CT molecular complexity index is 459. The summed E-state index contributed by atoms with van der Waals surface area (Å²) in [6.45, 7) is 0.107. The van der Waals surface area contributed by atoms with Crippen LogP contribution in [0.4, 0.5) is 0 Å². The van der Waals surface area contributed by atoms with Gasteiger partial charge in [0.2, 0.25) is 6.79 Å². The summed E-state index contributed by atoms with van der Waals surface area (Å²) in [5.74, 6) is 0.953. The molecule has 90 valence electrons. The molecule has 4 N–H and O–H groups in total. The molecular formula is C11H14BNO4. The second-order valence-corrected chi connectivity index (χ2v) is 4.64. The summed E-state index contributed by atoms with van der Waals surface area (Å²) in [5.41, 5.74) is 6.88. The number of hydrogen-bond acceptors (Lipinski definition) is 5. The maximum atomic E-state index is 9.52. The first kappa shape index (κ1) is 10.9. The minimum Gasteiger partial charge on any atom is -0.454 e. The van der Waals surface area contributed by atoms with E-state index in [-0.39, 0.29) is 6.79 Å². The van der Waals surface area contributed by atoms with E-state index in [2.05, 4.69) is 0 Å². The van der Waals surface area contributed by atoms with Crippen molar-refractivity contribution in [1.29, 1.82) is 0 Å². The van der Waals surface area contributed by atoms with Crippen molar-refractivity contribution >= 4 is 12.6 Å². The Kier molecular flexibility index (Phi) is 2.32. The highest BCUT2D eigenvalue weighted by molar-refractivity contribution is 6.60. The van der Waals surface area contributed by atoms with Gasteiger partial charge in [0.05, 0.1) is 0 Å². The molecule has 5 nitrogen and oxygen atoms in total. The molecule has 2 aliphatic rings. The van der Waals surface area contributed by atoms with Crippen LogP contribution in [0.2, 0.25) is 0 Å². The molecule has 0 saturated heterocycles. The first-order valence-corrected chi connectivity index (χ1v) is 5.70. The topological polar surface area (TPSA) is 84.9 Å². The standard InChI is InChI=1S/C11H14BNO4/c13-11(4-1-5-11)7-2-3-8-10(17-6-16-8)9(7)12(14)15/h2-3,14-15H,1,4-6,13H2. The van der Waals surface area contributed by atoms with Crippen molar-refractivity contribution in [2.24, 2.45) is 5.73 Å². The number of benzene rings is 1. The molecule has 0 spiro atoms. The largest absolute Gasteiger partial charge is 0.492 e. The van der Waals surface area contributed by atoms with E-state index in [1.165, 1.54) is 0 Å². The van der Waals surface area contributed by atoms with Gasteiger partial charge in [-0.2, -0.15) is 0 Å². The van der Waals surface area contributed by atoms with Gasteiger partial charge in [0.25, 0.3) is 0 Å². The molecule has 1 fully saturated rings. The molecule has 3 rings (SSSR count). The van der Waals surface area contributed by atoms with Crippen molar-refractivity contribution in [2.75, 3.05) is 6.79 Å². The average molecular weight is 235 g/mol. The van der Waals surface area contributed by atoms with E-state index < -0.39 is 12.7 Å². The van der Waals surface area contributed by atoms with E-state index in [4.69, 9.17) is 15.2 Å². The highest BCUT2D eigenvalue weighted by Gasteiger charge is 2.40. The Hall–Kier alpha value is -1.24. The van der Waals surface area contributed by atoms with Crippen LogP contribution in [0, 0.1) is 0 Å². The first-order chi connectivity index (χ1) is 8.12.